The van der Waals surface area contributed by atoms with Gasteiger partial charge in [-0.3, -0.25) is 24.6 Å². The van der Waals surface area contributed by atoms with Crippen LogP contribution >= 0.6 is 23.5 Å². The highest BCUT2D eigenvalue weighted by Crippen LogP contribution is 2.57. The Morgan fingerprint density at radius 1 is 1.41 bits per heavy atom. The second-order valence-corrected chi connectivity index (χ2v) is 11.9. The van der Waals surface area contributed by atoms with E-state index < -0.39 is 21.7 Å². The van der Waals surface area contributed by atoms with E-state index in [1.165, 1.54) is 52.7 Å². The number of non-ortho nitro benzene ring substituents is 1. The number of hydrogen-bond donors (Lipinski definition) is 1. The van der Waals surface area contributed by atoms with Crippen LogP contribution in [0.3, 0.4) is 0 Å². The molecule has 0 saturated carbocycles. The number of thioether (sulfide) groups is 2. The molecule has 3 heterocycles. The number of rotatable bonds is 11. The van der Waals surface area contributed by atoms with Crippen molar-refractivity contribution in [2.75, 3.05) is 13.1 Å². The number of aliphatic hydroxyl groups excluding tert-OH is 1. The Balaban J connectivity index is 1.38. The van der Waals surface area contributed by atoms with Crippen LogP contribution in [0.1, 0.15) is 38.2 Å². The molecule has 0 aromatic heterocycles. The lowest BCUT2D eigenvalue weighted by atomic mass is 9.90. The van der Waals surface area contributed by atoms with E-state index in [9.17, 15) is 29.6 Å². The van der Waals surface area contributed by atoms with Crippen molar-refractivity contribution in [3.63, 3.8) is 0 Å². The summed E-state index contributed by atoms with van der Waals surface area (Å²) in [6.45, 7) is 6.39. The third kappa shape index (κ3) is 5.55. The molecule has 0 unspecified atom stereocenters. The van der Waals surface area contributed by atoms with E-state index >= 15 is 0 Å². The largest absolute Gasteiger partial charge is 0.456 e. The van der Waals surface area contributed by atoms with Crippen LogP contribution in [-0.4, -0.2) is 72.2 Å². The molecule has 10 nitrogen and oxygen atoms in total. The monoisotopic (exact) mass is 547 g/mol. The zero-order chi connectivity index (χ0) is 26.7. The molecule has 4 rings (SSSR count). The van der Waals surface area contributed by atoms with Gasteiger partial charge >= 0.3 is 5.97 Å². The molecule has 3 aliphatic rings. The fourth-order valence-electron chi connectivity index (χ4n) is 4.75. The van der Waals surface area contributed by atoms with Crippen molar-refractivity contribution < 1.29 is 29.2 Å². The Labute approximate surface area is 223 Å². The molecular weight excluding hydrogens is 518 g/mol. The van der Waals surface area contributed by atoms with Crippen LogP contribution < -0.4 is 0 Å². The van der Waals surface area contributed by atoms with E-state index in [1.807, 2.05) is 4.90 Å². The van der Waals surface area contributed by atoms with Gasteiger partial charge < -0.3 is 14.7 Å². The lowest BCUT2D eigenvalue weighted by Crippen LogP contribution is -2.70. The van der Waals surface area contributed by atoms with E-state index in [1.54, 1.807) is 18.4 Å². The third-order valence-electron chi connectivity index (χ3n) is 6.54. The molecule has 37 heavy (non-hydrogen) atoms. The van der Waals surface area contributed by atoms with Crippen molar-refractivity contribution in [3.05, 3.63) is 63.7 Å². The molecule has 3 aliphatic heterocycles. The van der Waals surface area contributed by atoms with E-state index in [2.05, 4.69) is 6.58 Å². The van der Waals surface area contributed by atoms with Gasteiger partial charge in [-0.15, -0.1) is 30.1 Å². The maximum Gasteiger partial charge on any atom is 0.355 e. The number of fused-ring (bicyclic) bond motifs is 1. The number of allylic oxidation sites excluding steroid dienone is 1. The van der Waals surface area contributed by atoms with Gasteiger partial charge in [0.15, 0.2) is 0 Å². The molecule has 0 aliphatic carbocycles. The number of β-lactam (4-membered cyclic amide) rings is 1. The molecule has 1 N–H and O–H groups in total. The maximum atomic E-state index is 13.5. The highest BCUT2D eigenvalue weighted by Gasteiger charge is 2.66. The van der Waals surface area contributed by atoms with Crippen molar-refractivity contribution in [3.8, 4) is 0 Å². The van der Waals surface area contributed by atoms with Gasteiger partial charge in [-0.25, -0.2) is 4.79 Å². The zero-order valence-corrected chi connectivity index (χ0v) is 22.0. The number of carbonyl (C=O) groups is 3. The summed E-state index contributed by atoms with van der Waals surface area (Å²) in [6, 6.07) is 5.69. The van der Waals surface area contributed by atoms with Crippen LogP contribution in [0.15, 0.2) is 48.0 Å². The molecule has 0 radical (unpaired) electrons. The zero-order valence-electron chi connectivity index (χ0n) is 20.4. The minimum absolute atomic E-state index is 0.0521. The SMILES string of the molecule is C=CCCC(=O)N1CC[C@H](S[C@]2(C[C@H](C)O)C(=O)N3C(C(=O)OCc4ccc([N+](=O)[O-])cc4)=CS[C@@H]32)C1. The Morgan fingerprint density at radius 2 is 2.14 bits per heavy atom. The Morgan fingerprint density at radius 3 is 2.78 bits per heavy atom. The van der Waals surface area contributed by atoms with Gasteiger partial charge in [0.05, 0.1) is 11.0 Å². The number of nitro groups is 1. The standard InChI is InChI=1S/C25H29N3O7S2/c1-3-4-5-21(30)26-11-10-19(13-26)37-25(12-16(2)29)23(32)27-20(15-36-24(25)27)22(31)35-14-17-6-8-18(9-7-17)28(33)34/h3,6-9,15-16,19,24,29H,1,4-5,10-14H2,2H3/t16-,19-,24+,25+/m0/s1. The summed E-state index contributed by atoms with van der Waals surface area (Å²) in [6.07, 6.45) is 3.04. The summed E-state index contributed by atoms with van der Waals surface area (Å²) in [7, 11) is 0. The third-order valence-corrected chi connectivity index (χ3v) is 9.63. The van der Waals surface area contributed by atoms with Gasteiger partial charge in [-0.1, -0.05) is 6.08 Å². The molecule has 0 spiro atoms. The summed E-state index contributed by atoms with van der Waals surface area (Å²) in [5.41, 5.74) is 0.679. The van der Waals surface area contributed by atoms with Gasteiger partial charge in [0.2, 0.25) is 11.8 Å². The van der Waals surface area contributed by atoms with Gasteiger partial charge in [-0.2, -0.15) is 0 Å². The van der Waals surface area contributed by atoms with E-state index in [4.69, 9.17) is 4.74 Å². The first-order valence-electron chi connectivity index (χ1n) is 12.0. The number of ether oxygens (including phenoxy) is 1. The lowest BCUT2D eigenvalue weighted by Gasteiger charge is -2.53. The fourth-order valence-corrected chi connectivity index (χ4v) is 8.13. The van der Waals surface area contributed by atoms with Crippen LogP contribution in [0.25, 0.3) is 0 Å². The normalized spacial score (nSPS) is 25.2. The minimum atomic E-state index is -0.902. The molecule has 4 atom stereocenters. The predicted molar refractivity (Wildman–Crippen MR) is 140 cm³/mol. The van der Waals surface area contributed by atoms with Crippen LogP contribution in [0.5, 0.6) is 0 Å². The molecule has 198 valence electrons. The van der Waals surface area contributed by atoms with Crippen molar-refractivity contribution in [2.24, 2.45) is 0 Å². The number of carbonyl (C=O) groups excluding carboxylic acids is 3. The minimum Gasteiger partial charge on any atom is -0.456 e. The quantitative estimate of drug-likeness (QED) is 0.146. The molecule has 2 saturated heterocycles. The molecule has 0 bridgehead atoms. The summed E-state index contributed by atoms with van der Waals surface area (Å²) in [4.78, 5) is 52.3. The second-order valence-electron chi connectivity index (χ2n) is 9.30. The first-order valence-corrected chi connectivity index (χ1v) is 13.8. The van der Waals surface area contributed by atoms with Crippen LogP contribution in [-0.2, 0) is 25.7 Å². The lowest BCUT2D eigenvalue weighted by molar-refractivity contribution is -0.384. The van der Waals surface area contributed by atoms with E-state index in [0.717, 1.165) is 6.42 Å². The number of nitrogens with zero attached hydrogens (tertiary/aromatic N) is 3. The molecule has 1 aromatic rings. The molecule has 2 fully saturated rings. The number of hydrogen-bond acceptors (Lipinski definition) is 9. The second kappa shape index (κ2) is 11.3. The highest BCUT2D eigenvalue weighted by atomic mass is 32.2. The molecule has 1 aromatic carbocycles. The summed E-state index contributed by atoms with van der Waals surface area (Å²) in [5.74, 6) is -0.829. The number of likely N-dealkylation sites (tertiary alicyclic amines) is 1. The summed E-state index contributed by atoms with van der Waals surface area (Å²) >= 11 is 2.85. The van der Waals surface area contributed by atoms with Crippen LogP contribution in [0.2, 0.25) is 0 Å². The molecule has 2 amide bonds. The predicted octanol–water partition coefficient (Wildman–Crippen LogP) is 3.20. The summed E-state index contributed by atoms with van der Waals surface area (Å²) in [5, 5.41) is 22.3. The topological polar surface area (TPSA) is 130 Å². The Bertz CT molecular complexity index is 1120. The number of benzene rings is 1. The number of aliphatic hydroxyl groups is 1. The van der Waals surface area contributed by atoms with Crippen molar-refractivity contribution >= 4 is 47.0 Å². The average Bonchev–Trinajstić information content (AvgIpc) is 3.51. The number of nitro benzene ring substituents is 1. The highest BCUT2D eigenvalue weighted by molar-refractivity contribution is 8.07. The van der Waals surface area contributed by atoms with Crippen LogP contribution in [0, 0.1) is 10.1 Å². The maximum absolute atomic E-state index is 13.5. The number of amides is 2. The van der Waals surface area contributed by atoms with Crippen molar-refractivity contribution in [1.82, 2.24) is 9.80 Å². The van der Waals surface area contributed by atoms with Gasteiger partial charge in [0.25, 0.3) is 5.69 Å². The van der Waals surface area contributed by atoms with Gasteiger partial charge in [0.1, 0.15) is 22.4 Å². The van der Waals surface area contributed by atoms with Crippen molar-refractivity contribution in [2.45, 2.75) is 60.7 Å². The van der Waals surface area contributed by atoms with Crippen LogP contribution in [0.4, 0.5) is 5.69 Å². The Kier molecular flexibility index (Phi) is 8.29. The fraction of sp³-hybridized carbons (Fsp3) is 0.480. The van der Waals surface area contributed by atoms with E-state index in [0.29, 0.717) is 31.5 Å². The molecule has 12 heteroatoms. The smallest absolute Gasteiger partial charge is 0.355 e. The first kappa shape index (κ1) is 27.2. The van der Waals surface area contributed by atoms with E-state index in [-0.39, 0.29) is 46.9 Å². The van der Waals surface area contributed by atoms with Crippen molar-refractivity contribution in [1.29, 1.82) is 0 Å². The first-order chi connectivity index (χ1) is 17.7. The summed E-state index contributed by atoms with van der Waals surface area (Å²) < 4.78 is 4.47. The Hall–Kier alpha value is -2.83. The molecular formula is C25H29N3O7S2. The van der Waals surface area contributed by atoms with Gasteiger partial charge in [0, 0.05) is 42.3 Å². The average molecular weight is 548 g/mol. The van der Waals surface area contributed by atoms with Gasteiger partial charge in [-0.05, 0) is 43.9 Å². The number of esters is 1.